The molecule has 1 aliphatic rings. The Kier molecular flexibility index (Phi) is 7.01. The molecule has 0 aromatic rings. The Labute approximate surface area is 129 Å². The predicted molar refractivity (Wildman–Crippen MR) is 82.1 cm³/mol. The second kappa shape index (κ2) is 8.26. The van der Waals surface area contributed by atoms with Gasteiger partial charge in [-0.1, -0.05) is 6.92 Å². The number of nitrogens with one attached hydrogen (secondary N) is 1. The molecule has 2 unspecified atom stereocenters. The van der Waals surface area contributed by atoms with Gasteiger partial charge in [-0.2, -0.15) is 11.8 Å². The van der Waals surface area contributed by atoms with Gasteiger partial charge >= 0.3 is 5.97 Å². The maximum absolute atomic E-state index is 12.1. The summed E-state index contributed by atoms with van der Waals surface area (Å²) in [4.78, 5) is 36.8. The van der Waals surface area contributed by atoms with Crippen molar-refractivity contribution in [3.63, 3.8) is 0 Å². The summed E-state index contributed by atoms with van der Waals surface area (Å²) in [6, 6.07) is -0.814. The lowest BCUT2D eigenvalue weighted by Gasteiger charge is -2.21. The average molecular weight is 316 g/mol. The second-order valence-electron chi connectivity index (χ2n) is 5.43. The first-order valence-corrected chi connectivity index (χ1v) is 8.42. The van der Waals surface area contributed by atoms with Gasteiger partial charge < -0.3 is 15.3 Å². The number of carboxylic acids is 1. The van der Waals surface area contributed by atoms with Crippen LogP contribution in [0.1, 0.15) is 33.6 Å². The van der Waals surface area contributed by atoms with Crippen molar-refractivity contribution in [2.75, 3.05) is 18.1 Å². The lowest BCUT2D eigenvalue weighted by molar-refractivity contribution is -0.142. The molecule has 1 saturated heterocycles. The molecule has 1 rings (SSSR count). The summed E-state index contributed by atoms with van der Waals surface area (Å²) < 4.78 is 0. The van der Waals surface area contributed by atoms with E-state index >= 15 is 0 Å². The molecule has 0 spiro atoms. The van der Waals surface area contributed by atoms with Crippen molar-refractivity contribution in [1.82, 2.24) is 10.2 Å². The summed E-state index contributed by atoms with van der Waals surface area (Å²) in [5, 5.41) is 11.7. The molecule has 2 amide bonds. The fraction of sp³-hybridized carbons (Fsp3) is 0.786. The number of carbonyl (C=O) groups excluding carboxylic acids is 2. The van der Waals surface area contributed by atoms with Crippen LogP contribution in [0.5, 0.6) is 0 Å². The first-order valence-electron chi connectivity index (χ1n) is 7.27. The van der Waals surface area contributed by atoms with Gasteiger partial charge in [-0.05, 0) is 31.8 Å². The number of amides is 2. The van der Waals surface area contributed by atoms with Gasteiger partial charge in [-0.15, -0.1) is 0 Å². The molecular weight excluding hydrogens is 292 g/mol. The second-order valence-corrected chi connectivity index (χ2v) is 6.82. The first-order chi connectivity index (χ1) is 9.86. The molecule has 1 fully saturated rings. The molecule has 21 heavy (non-hydrogen) atoms. The maximum Gasteiger partial charge on any atom is 0.326 e. The summed E-state index contributed by atoms with van der Waals surface area (Å²) in [5.41, 5.74) is 0. The van der Waals surface area contributed by atoms with Crippen molar-refractivity contribution in [3.8, 4) is 0 Å². The Morgan fingerprint density at radius 3 is 2.62 bits per heavy atom. The number of rotatable bonds is 8. The molecule has 0 bridgehead atoms. The zero-order valence-electron chi connectivity index (χ0n) is 12.8. The Bertz CT molecular complexity index is 400. The molecule has 0 aliphatic carbocycles. The van der Waals surface area contributed by atoms with Gasteiger partial charge in [0.05, 0.1) is 5.92 Å². The minimum Gasteiger partial charge on any atom is -0.480 e. The number of carbonyl (C=O) groups is 3. The minimum absolute atomic E-state index is 0.0430. The van der Waals surface area contributed by atoms with Crippen molar-refractivity contribution >= 4 is 29.5 Å². The first kappa shape index (κ1) is 17.8. The fourth-order valence-electron chi connectivity index (χ4n) is 2.30. The highest BCUT2D eigenvalue weighted by Crippen LogP contribution is 2.20. The highest BCUT2D eigenvalue weighted by atomic mass is 32.2. The number of aliphatic carboxylic acids is 1. The fourth-order valence-corrected chi connectivity index (χ4v) is 2.99. The third kappa shape index (κ3) is 5.22. The van der Waals surface area contributed by atoms with Crippen LogP contribution < -0.4 is 5.32 Å². The van der Waals surface area contributed by atoms with Crippen LogP contribution in [0.2, 0.25) is 0 Å². The van der Waals surface area contributed by atoms with Gasteiger partial charge in [0.1, 0.15) is 6.04 Å². The van der Waals surface area contributed by atoms with E-state index in [9.17, 15) is 14.4 Å². The van der Waals surface area contributed by atoms with E-state index < -0.39 is 17.9 Å². The van der Waals surface area contributed by atoms with Crippen LogP contribution in [0.4, 0.5) is 0 Å². The maximum atomic E-state index is 12.1. The van der Waals surface area contributed by atoms with Gasteiger partial charge in [0.2, 0.25) is 11.8 Å². The number of likely N-dealkylation sites (tertiary alicyclic amines) is 1. The highest BCUT2D eigenvalue weighted by molar-refractivity contribution is 7.99. The summed E-state index contributed by atoms with van der Waals surface area (Å²) in [6.45, 7) is 6.18. The van der Waals surface area contributed by atoms with Crippen LogP contribution in [-0.2, 0) is 14.4 Å². The molecular formula is C14H24N2O4S. The predicted octanol–water partition coefficient (Wildman–Crippen LogP) is 0.956. The molecule has 2 atom stereocenters. The lowest BCUT2D eigenvalue weighted by atomic mass is 10.1. The summed E-state index contributed by atoms with van der Waals surface area (Å²) >= 11 is 1.64. The Balaban J connectivity index is 2.54. The SMILES string of the molecule is CCSCCC(NC(=O)C1CC(=O)N(C(C)C)C1)C(=O)O. The van der Waals surface area contributed by atoms with Crippen molar-refractivity contribution < 1.29 is 19.5 Å². The topological polar surface area (TPSA) is 86.7 Å². The molecule has 0 saturated carbocycles. The van der Waals surface area contributed by atoms with E-state index in [0.29, 0.717) is 18.7 Å². The Morgan fingerprint density at radius 1 is 1.48 bits per heavy atom. The van der Waals surface area contributed by atoms with Gasteiger partial charge in [0, 0.05) is 19.0 Å². The molecule has 0 aromatic heterocycles. The quantitative estimate of drug-likeness (QED) is 0.651. The van der Waals surface area contributed by atoms with Crippen molar-refractivity contribution in [2.45, 2.75) is 45.7 Å². The van der Waals surface area contributed by atoms with Crippen LogP contribution in [0.3, 0.4) is 0 Å². The zero-order valence-corrected chi connectivity index (χ0v) is 13.6. The van der Waals surface area contributed by atoms with Crippen molar-refractivity contribution in [3.05, 3.63) is 0 Å². The zero-order chi connectivity index (χ0) is 16.0. The van der Waals surface area contributed by atoms with Gasteiger partial charge in [0.25, 0.3) is 0 Å². The minimum atomic E-state index is -1.02. The number of hydrogen-bond donors (Lipinski definition) is 2. The van der Waals surface area contributed by atoms with Gasteiger partial charge in [0.15, 0.2) is 0 Å². The lowest BCUT2D eigenvalue weighted by Crippen LogP contribution is -2.44. The van der Waals surface area contributed by atoms with Gasteiger partial charge in [-0.3, -0.25) is 9.59 Å². The average Bonchev–Trinajstić information content (AvgIpc) is 2.79. The van der Waals surface area contributed by atoms with E-state index in [-0.39, 0.29) is 24.3 Å². The smallest absolute Gasteiger partial charge is 0.326 e. The molecule has 7 heteroatoms. The van der Waals surface area contributed by atoms with Crippen molar-refractivity contribution in [2.24, 2.45) is 5.92 Å². The molecule has 1 heterocycles. The third-order valence-corrected chi connectivity index (χ3v) is 4.45. The number of carboxylic acid groups (broad SMARTS) is 1. The molecule has 0 aromatic carbocycles. The van der Waals surface area contributed by atoms with Crippen LogP contribution in [-0.4, -0.2) is 57.9 Å². The highest BCUT2D eigenvalue weighted by Gasteiger charge is 2.36. The van der Waals surface area contributed by atoms with E-state index in [1.807, 2.05) is 20.8 Å². The van der Waals surface area contributed by atoms with E-state index in [0.717, 1.165) is 5.75 Å². The molecule has 1 aliphatic heterocycles. The number of nitrogens with zero attached hydrogens (tertiary/aromatic N) is 1. The molecule has 120 valence electrons. The van der Waals surface area contributed by atoms with E-state index in [1.165, 1.54) is 0 Å². The summed E-state index contributed by atoms with van der Waals surface area (Å²) in [6.07, 6.45) is 0.564. The normalized spacial score (nSPS) is 19.9. The Morgan fingerprint density at radius 2 is 2.14 bits per heavy atom. The van der Waals surface area contributed by atoms with Crippen LogP contribution in [0, 0.1) is 5.92 Å². The molecule has 6 nitrogen and oxygen atoms in total. The van der Waals surface area contributed by atoms with Crippen LogP contribution >= 0.6 is 11.8 Å². The largest absolute Gasteiger partial charge is 0.480 e. The van der Waals surface area contributed by atoms with E-state index in [1.54, 1.807) is 16.7 Å². The standard InChI is InChI=1S/C14H24N2O4S/c1-4-21-6-5-11(14(19)20)15-13(18)10-7-12(17)16(8-10)9(2)3/h9-11H,4-8H2,1-3H3,(H,15,18)(H,19,20). The number of hydrogen-bond acceptors (Lipinski definition) is 4. The summed E-state index contributed by atoms with van der Waals surface area (Å²) in [5.74, 6) is -0.236. The monoisotopic (exact) mass is 316 g/mol. The molecule has 2 N–H and O–H groups in total. The van der Waals surface area contributed by atoms with E-state index in [2.05, 4.69) is 5.32 Å². The third-order valence-electron chi connectivity index (χ3n) is 3.52. The molecule has 0 radical (unpaired) electrons. The number of thioether (sulfide) groups is 1. The van der Waals surface area contributed by atoms with Crippen molar-refractivity contribution in [1.29, 1.82) is 0 Å². The summed E-state index contributed by atoms with van der Waals surface area (Å²) in [7, 11) is 0. The Hall–Kier alpha value is -1.24. The van der Waals surface area contributed by atoms with E-state index in [4.69, 9.17) is 5.11 Å². The van der Waals surface area contributed by atoms with Crippen LogP contribution in [0.25, 0.3) is 0 Å². The van der Waals surface area contributed by atoms with Gasteiger partial charge in [-0.25, -0.2) is 4.79 Å². The van der Waals surface area contributed by atoms with Crippen LogP contribution in [0.15, 0.2) is 0 Å².